The maximum Gasteiger partial charge on any atom is 0.153 e. The van der Waals surface area contributed by atoms with E-state index in [-0.39, 0.29) is 24.2 Å². The number of benzene rings is 1. The van der Waals surface area contributed by atoms with Crippen molar-refractivity contribution in [3.05, 3.63) is 29.8 Å². The number of aliphatic hydroxyl groups excluding tert-OH is 1. The van der Waals surface area contributed by atoms with Gasteiger partial charge in [0, 0.05) is 24.2 Å². The minimum absolute atomic E-state index is 0.0779. The Bertz CT molecular complexity index is 506. The van der Waals surface area contributed by atoms with Gasteiger partial charge in [-0.2, -0.15) is 0 Å². The van der Waals surface area contributed by atoms with E-state index in [9.17, 15) is 13.5 Å². The predicted octanol–water partition coefficient (Wildman–Crippen LogP) is 1.20. The van der Waals surface area contributed by atoms with Crippen LogP contribution in [-0.2, 0) is 9.84 Å². The van der Waals surface area contributed by atoms with Crippen molar-refractivity contribution in [3.8, 4) is 5.75 Å². The van der Waals surface area contributed by atoms with Gasteiger partial charge in [0.05, 0.1) is 12.4 Å². The van der Waals surface area contributed by atoms with Crippen molar-refractivity contribution in [2.75, 3.05) is 19.5 Å². The Morgan fingerprint density at radius 2 is 1.89 bits per heavy atom. The van der Waals surface area contributed by atoms with Gasteiger partial charge in [-0.1, -0.05) is 19.1 Å². The summed E-state index contributed by atoms with van der Waals surface area (Å²) in [7, 11) is -1.50. The molecule has 0 bridgehead atoms. The highest BCUT2D eigenvalue weighted by molar-refractivity contribution is 7.92. The smallest absolute Gasteiger partial charge is 0.153 e. The molecule has 0 amide bonds. The van der Waals surface area contributed by atoms with E-state index < -0.39 is 15.1 Å². The molecule has 0 unspecified atom stereocenters. The lowest BCUT2D eigenvalue weighted by molar-refractivity contribution is 0.274. The summed E-state index contributed by atoms with van der Waals surface area (Å²) >= 11 is 0. The Kier molecular flexibility index (Phi) is 3.64. The van der Waals surface area contributed by atoms with Gasteiger partial charge in [-0.3, -0.25) is 0 Å². The molecule has 3 atom stereocenters. The number of methoxy groups -OCH3 is 1. The number of sulfone groups is 1. The van der Waals surface area contributed by atoms with Gasteiger partial charge in [0.15, 0.2) is 9.84 Å². The predicted molar refractivity (Wildman–Crippen MR) is 69.6 cm³/mol. The Morgan fingerprint density at radius 3 is 2.33 bits per heavy atom. The van der Waals surface area contributed by atoms with E-state index in [2.05, 4.69) is 0 Å². The number of aliphatic hydroxyl groups is 1. The number of hydrogen-bond donors (Lipinski definition) is 1. The van der Waals surface area contributed by atoms with E-state index >= 15 is 0 Å². The quantitative estimate of drug-likeness (QED) is 0.873. The zero-order valence-corrected chi connectivity index (χ0v) is 11.4. The third-order valence-electron chi connectivity index (χ3n) is 3.62. The third kappa shape index (κ3) is 2.24. The van der Waals surface area contributed by atoms with Crippen molar-refractivity contribution < 1.29 is 18.3 Å². The lowest BCUT2D eigenvalue weighted by atomic mass is 10.1. The van der Waals surface area contributed by atoms with Crippen LogP contribution in [0.15, 0.2) is 24.3 Å². The van der Waals surface area contributed by atoms with Crippen molar-refractivity contribution in [3.63, 3.8) is 0 Å². The Labute approximate surface area is 108 Å². The van der Waals surface area contributed by atoms with E-state index in [0.717, 1.165) is 11.3 Å². The molecular formula is C13H18O4S. The molecule has 1 aliphatic rings. The fourth-order valence-electron chi connectivity index (χ4n) is 2.50. The molecule has 0 saturated heterocycles. The summed E-state index contributed by atoms with van der Waals surface area (Å²) in [5.41, 5.74) is 0.955. The van der Waals surface area contributed by atoms with Crippen molar-refractivity contribution in [1.82, 2.24) is 0 Å². The van der Waals surface area contributed by atoms with Gasteiger partial charge in [0.1, 0.15) is 5.75 Å². The van der Waals surface area contributed by atoms with E-state index in [4.69, 9.17) is 4.74 Å². The van der Waals surface area contributed by atoms with Gasteiger partial charge >= 0.3 is 0 Å². The minimum Gasteiger partial charge on any atom is -0.497 e. The summed E-state index contributed by atoms with van der Waals surface area (Å²) in [6, 6.07) is 7.38. The molecule has 1 aromatic carbocycles. The second-order valence-corrected chi connectivity index (χ2v) is 7.01. The van der Waals surface area contributed by atoms with Crippen LogP contribution < -0.4 is 4.74 Å². The van der Waals surface area contributed by atoms with Crippen molar-refractivity contribution in [2.24, 2.45) is 5.92 Å². The largest absolute Gasteiger partial charge is 0.497 e. The first kappa shape index (κ1) is 13.4. The molecule has 5 heteroatoms. The van der Waals surface area contributed by atoms with Gasteiger partial charge in [0.2, 0.25) is 0 Å². The first-order chi connectivity index (χ1) is 8.55. The van der Waals surface area contributed by atoms with Gasteiger partial charge < -0.3 is 9.84 Å². The van der Waals surface area contributed by atoms with Crippen LogP contribution in [-0.4, -0.2) is 38.2 Å². The highest BCUT2D eigenvalue weighted by Gasteiger charge is 2.57. The van der Waals surface area contributed by atoms with Crippen molar-refractivity contribution in [2.45, 2.75) is 18.1 Å². The molecule has 0 spiro atoms. The third-order valence-corrected chi connectivity index (χ3v) is 5.90. The lowest BCUT2D eigenvalue weighted by Crippen LogP contribution is -2.13. The number of ether oxygens (including phenoxy) is 1. The van der Waals surface area contributed by atoms with Crippen LogP contribution >= 0.6 is 0 Å². The molecule has 1 saturated carbocycles. The van der Waals surface area contributed by atoms with Crippen LogP contribution in [0.1, 0.15) is 18.4 Å². The molecule has 0 radical (unpaired) electrons. The summed E-state index contributed by atoms with van der Waals surface area (Å²) in [5.74, 6) is 0.630. The zero-order chi connectivity index (χ0) is 13.3. The average Bonchev–Trinajstić information content (AvgIpc) is 3.14. The normalized spacial score (nSPS) is 26.9. The molecule has 0 aromatic heterocycles. The van der Waals surface area contributed by atoms with Crippen LogP contribution in [0.3, 0.4) is 0 Å². The van der Waals surface area contributed by atoms with Crippen LogP contribution in [0, 0.1) is 5.92 Å². The van der Waals surface area contributed by atoms with Gasteiger partial charge in [-0.15, -0.1) is 0 Å². The Morgan fingerprint density at radius 1 is 1.28 bits per heavy atom. The van der Waals surface area contributed by atoms with Crippen LogP contribution in [0.4, 0.5) is 0 Å². The molecule has 1 aromatic rings. The topological polar surface area (TPSA) is 63.6 Å². The molecule has 1 fully saturated rings. The molecule has 100 valence electrons. The summed E-state index contributed by atoms with van der Waals surface area (Å²) in [6.07, 6.45) is 0. The average molecular weight is 270 g/mol. The van der Waals surface area contributed by atoms with E-state index in [1.807, 2.05) is 24.3 Å². The molecule has 0 aliphatic heterocycles. The number of rotatable bonds is 5. The van der Waals surface area contributed by atoms with Gasteiger partial charge in [-0.05, 0) is 17.7 Å². The standard InChI is InChI=1S/C13H18O4S/c1-3-18(15,16)13-11(8-14)12(13)9-4-6-10(17-2)7-5-9/h4-7,11-14H,3,8H2,1-2H3/t11-,12-,13-/m0/s1. The summed E-state index contributed by atoms with van der Waals surface area (Å²) in [4.78, 5) is 0. The zero-order valence-electron chi connectivity index (χ0n) is 10.5. The van der Waals surface area contributed by atoms with Crippen LogP contribution in [0.2, 0.25) is 0 Å². The second kappa shape index (κ2) is 4.90. The monoisotopic (exact) mass is 270 g/mol. The maximum absolute atomic E-state index is 11.9. The summed E-state index contributed by atoms with van der Waals surface area (Å²) in [5, 5.41) is 8.85. The molecule has 2 rings (SSSR count). The fraction of sp³-hybridized carbons (Fsp3) is 0.538. The number of hydrogen-bond acceptors (Lipinski definition) is 4. The molecule has 1 N–H and O–H groups in total. The van der Waals surface area contributed by atoms with Crippen LogP contribution in [0.5, 0.6) is 5.75 Å². The minimum atomic E-state index is -3.09. The highest BCUT2D eigenvalue weighted by Crippen LogP contribution is 2.52. The second-order valence-electron chi connectivity index (χ2n) is 4.56. The SMILES string of the molecule is CCS(=O)(=O)[C@H]1[C@@H](CO)[C@@H]1c1ccc(OC)cc1. The van der Waals surface area contributed by atoms with Crippen molar-refractivity contribution in [1.29, 1.82) is 0 Å². The first-order valence-electron chi connectivity index (χ1n) is 6.01. The molecule has 1 aliphatic carbocycles. The lowest BCUT2D eigenvalue weighted by Gasteiger charge is -2.03. The molecule has 4 nitrogen and oxygen atoms in total. The van der Waals surface area contributed by atoms with E-state index in [1.54, 1.807) is 14.0 Å². The van der Waals surface area contributed by atoms with Crippen LogP contribution in [0.25, 0.3) is 0 Å². The maximum atomic E-state index is 11.9. The Hall–Kier alpha value is -1.07. The molecule has 18 heavy (non-hydrogen) atoms. The Balaban J connectivity index is 2.23. The van der Waals surface area contributed by atoms with E-state index in [1.165, 1.54) is 0 Å². The highest BCUT2D eigenvalue weighted by atomic mass is 32.2. The van der Waals surface area contributed by atoms with E-state index in [0.29, 0.717) is 0 Å². The van der Waals surface area contributed by atoms with Gasteiger partial charge in [-0.25, -0.2) is 8.42 Å². The van der Waals surface area contributed by atoms with Crippen molar-refractivity contribution >= 4 is 9.84 Å². The fourth-order valence-corrected chi connectivity index (χ4v) is 4.39. The molecular weight excluding hydrogens is 252 g/mol. The summed E-state index contributed by atoms with van der Waals surface area (Å²) in [6.45, 7) is 1.56. The van der Waals surface area contributed by atoms with Gasteiger partial charge in [0.25, 0.3) is 0 Å². The molecule has 0 heterocycles. The first-order valence-corrected chi connectivity index (χ1v) is 7.73. The summed E-state index contributed by atoms with van der Waals surface area (Å²) < 4.78 is 28.9.